The first-order chi connectivity index (χ1) is 6.83. The number of rotatable bonds is 5. The van der Waals surface area contributed by atoms with E-state index >= 15 is 0 Å². The van der Waals surface area contributed by atoms with Gasteiger partial charge in [0.25, 0.3) is 0 Å². The number of hydrogen-bond acceptors (Lipinski definition) is 1. The molecule has 0 aromatic carbocycles. The van der Waals surface area contributed by atoms with Gasteiger partial charge in [-0.05, 0) is 44.1 Å². The smallest absolute Gasteiger partial charge is 0.00950 e. The molecular formula is C13H25N. The summed E-state index contributed by atoms with van der Waals surface area (Å²) >= 11 is 0. The van der Waals surface area contributed by atoms with Crippen molar-refractivity contribution in [2.75, 3.05) is 7.05 Å². The monoisotopic (exact) mass is 195 g/mol. The summed E-state index contributed by atoms with van der Waals surface area (Å²) in [7, 11) is 2.16. The van der Waals surface area contributed by atoms with Crippen molar-refractivity contribution in [3.05, 3.63) is 0 Å². The Hall–Kier alpha value is -0.0400. The number of nitrogens with one attached hydrogen (secondary N) is 1. The predicted octanol–water partition coefficient (Wildman–Crippen LogP) is 3.20. The van der Waals surface area contributed by atoms with Crippen LogP contribution < -0.4 is 5.32 Å². The van der Waals surface area contributed by atoms with Crippen LogP contribution in [0.4, 0.5) is 0 Å². The predicted molar refractivity (Wildman–Crippen MR) is 61.3 cm³/mol. The molecule has 3 atom stereocenters. The summed E-state index contributed by atoms with van der Waals surface area (Å²) in [5.41, 5.74) is 0. The minimum absolute atomic E-state index is 0.832. The molecule has 2 saturated carbocycles. The maximum absolute atomic E-state index is 3.56. The van der Waals surface area contributed by atoms with Crippen LogP contribution >= 0.6 is 0 Å². The zero-order valence-corrected chi connectivity index (χ0v) is 9.76. The van der Waals surface area contributed by atoms with Crippen molar-refractivity contribution in [2.45, 2.75) is 57.9 Å². The molecule has 1 heteroatoms. The molecule has 2 aliphatic rings. The third-order valence-corrected chi connectivity index (χ3v) is 4.38. The van der Waals surface area contributed by atoms with E-state index < -0.39 is 0 Å². The van der Waals surface area contributed by atoms with Gasteiger partial charge >= 0.3 is 0 Å². The van der Waals surface area contributed by atoms with Gasteiger partial charge in [0.1, 0.15) is 0 Å². The van der Waals surface area contributed by atoms with Crippen LogP contribution in [0.1, 0.15) is 51.9 Å². The highest BCUT2D eigenvalue weighted by molar-refractivity contribution is 4.87. The lowest BCUT2D eigenvalue weighted by molar-refractivity contribution is 0.334. The molecule has 0 radical (unpaired) electrons. The Labute approximate surface area is 88.7 Å². The van der Waals surface area contributed by atoms with Crippen LogP contribution in [0.25, 0.3) is 0 Å². The quantitative estimate of drug-likeness (QED) is 0.710. The van der Waals surface area contributed by atoms with E-state index in [4.69, 9.17) is 0 Å². The fraction of sp³-hybridized carbons (Fsp3) is 1.00. The van der Waals surface area contributed by atoms with Gasteiger partial charge in [-0.2, -0.15) is 0 Å². The van der Waals surface area contributed by atoms with Crippen molar-refractivity contribution in [2.24, 2.45) is 17.8 Å². The summed E-state index contributed by atoms with van der Waals surface area (Å²) in [5, 5.41) is 3.56. The highest BCUT2D eigenvalue weighted by Crippen LogP contribution is 2.40. The highest BCUT2D eigenvalue weighted by Gasteiger charge is 2.33. The van der Waals surface area contributed by atoms with Crippen molar-refractivity contribution in [3.8, 4) is 0 Å². The zero-order chi connectivity index (χ0) is 9.97. The summed E-state index contributed by atoms with van der Waals surface area (Å²) in [6, 6.07) is 0.832. The van der Waals surface area contributed by atoms with E-state index in [1.807, 2.05) is 0 Å². The highest BCUT2D eigenvalue weighted by atomic mass is 14.9. The van der Waals surface area contributed by atoms with Crippen LogP contribution in [0, 0.1) is 17.8 Å². The summed E-state index contributed by atoms with van der Waals surface area (Å²) in [6.07, 6.45) is 10.3. The van der Waals surface area contributed by atoms with Gasteiger partial charge in [0.05, 0.1) is 0 Å². The molecule has 82 valence electrons. The second-order valence-electron chi connectivity index (χ2n) is 5.42. The molecule has 0 aromatic heterocycles. The van der Waals surface area contributed by atoms with Crippen molar-refractivity contribution < 1.29 is 0 Å². The molecular weight excluding hydrogens is 170 g/mol. The topological polar surface area (TPSA) is 12.0 Å². The van der Waals surface area contributed by atoms with E-state index in [9.17, 15) is 0 Å². The van der Waals surface area contributed by atoms with E-state index in [2.05, 4.69) is 19.3 Å². The molecule has 3 unspecified atom stereocenters. The second-order valence-corrected chi connectivity index (χ2v) is 5.42. The molecule has 0 aromatic rings. The van der Waals surface area contributed by atoms with E-state index in [1.54, 1.807) is 0 Å². The zero-order valence-electron chi connectivity index (χ0n) is 9.76. The molecule has 2 aliphatic carbocycles. The molecule has 14 heavy (non-hydrogen) atoms. The van der Waals surface area contributed by atoms with Gasteiger partial charge in [-0.1, -0.05) is 32.6 Å². The lowest BCUT2D eigenvalue weighted by Gasteiger charge is -2.23. The third-order valence-electron chi connectivity index (χ3n) is 4.38. The van der Waals surface area contributed by atoms with Crippen LogP contribution in [0.3, 0.4) is 0 Å². The summed E-state index contributed by atoms with van der Waals surface area (Å²) in [4.78, 5) is 0. The molecule has 2 rings (SSSR count). The fourth-order valence-electron chi connectivity index (χ4n) is 3.11. The van der Waals surface area contributed by atoms with E-state index in [0.717, 1.165) is 23.8 Å². The van der Waals surface area contributed by atoms with Crippen LogP contribution in [-0.4, -0.2) is 13.1 Å². The summed E-state index contributed by atoms with van der Waals surface area (Å²) in [5.74, 6) is 3.11. The summed E-state index contributed by atoms with van der Waals surface area (Å²) < 4.78 is 0. The SMILES string of the molecule is CCC1CCC(C(CC2CC2)NC)C1. The minimum atomic E-state index is 0.832. The van der Waals surface area contributed by atoms with Crippen molar-refractivity contribution in [1.29, 1.82) is 0 Å². The van der Waals surface area contributed by atoms with Crippen LogP contribution in [0.2, 0.25) is 0 Å². The molecule has 0 aliphatic heterocycles. The maximum atomic E-state index is 3.56. The molecule has 2 fully saturated rings. The van der Waals surface area contributed by atoms with Crippen LogP contribution in [0.15, 0.2) is 0 Å². The Morgan fingerprint density at radius 2 is 1.86 bits per heavy atom. The molecule has 0 heterocycles. The first-order valence-corrected chi connectivity index (χ1v) is 6.50. The Bertz CT molecular complexity index is 174. The third kappa shape index (κ3) is 2.50. The average molecular weight is 195 g/mol. The minimum Gasteiger partial charge on any atom is -0.317 e. The van der Waals surface area contributed by atoms with Gasteiger partial charge in [-0.15, -0.1) is 0 Å². The average Bonchev–Trinajstić information content (AvgIpc) is 2.90. The van der Waals surface area contributed by atoms with E-state index in [0.29, 0.717) is 0 Å². The van der Waals surface area contributed by atoms with Crippen molar-refractivity contribution in [1.82, 2.24) is 5.32 Å². The molecule has 0 amide bonds. The van der Waals surface area contributed by atoms with Crippen molar-refractivity contribution >= 4 is 0 Å². The molecule has 1 N–H and O–H groups in total. The number of hydrogen-bond donors (Lipinski definition) is 1. The molecule has 1 nitrogen and oxygen atoms in total. The van der Waals surface area contributed by atoms with Crippen LogP contribution in [-0.2, 0) is 0 Å². The Morgan fingerprint density at radius 3 is 2.36 bits per heavy atom. The first kappa shape index (κ1) is 10.5. The molecule has 0 saturated heterocycles. The molecule has 0 bridgehead atoms. The van der Waals surface area contributed by atoms with Gasteiger partial charge in [0.15, 0.2) is 0 Å². The molecule has 0 spiro atoms. The van der Waals surface area contributed by atoms with E-state index in [1.165, 1.54) is 44.9 Å². The van der Waals surface area contributed by atoms with Gasteiger partial charge in [-0.25, -0.2) is 0 Å². The van der Waals surface area contributed by atoms with Crippen molar-refractivity contribution in [3.63, 3.8) is 0 Å². The second kappa shape index (κ2) is 4.65. The Kier molecular flexibility index (Phi) is 3.48. The lowest BCUT2D eigenvalue weighted by atomic mass is 9.92. The largest absolute Gasteiger partial charge is 0.317 e. The van der Waals surface area contributed by atoms with Gasteiger partial charge < -0.3 is 5.32 Å². The summed E-state index contributed by atoms with van der Waals surface area (Å²) in [6.45, 7) is 2.35. The van der Waals surface area contributed by atoms with Crippen LogP contribution in [0.5, 0.6) is 0 Å². The first-order valence-electron chi connectivity index (χ1n) is 6.50. The van der Waals surface area contributed by atoms with E-state index in [-0.39, 0.29) is 0 Å². The van der Waals surface area contributed by atoms with Gasteiger partial charge in [-0.3, -0.25) is 0 Å². The maximum Gasteiger partial charge on any atom is 0.00950 e. The Balaban J connectivity index is 1.79. The lowest BCUT2D eigenvalue weighted by Crippen LogP contribution is -2.32. The normalized spacial score (nSPS) is 34.7. The fourth-order valence-corrected chi connectivity index (χ4v) is 3.11. The van der Waals surface area contributed by atoms with Gasteiger partial charge in [0.2, 0.25) is 0 Å². The Morgan fingerprint density at radius 1 is 1.14 bits per heavy atom. The van der Waals surface area contributed by atoms with Gasteiger partial charge in [0, 0.05) is 6.04 Å². The standard InChI is InChI=1S/C13H25N/c1-3-10-6-7-12(8-10)13(14-2)9-11-4-5-11/h10-14H,3-9H2,1-2H3.